The molecular weight excluding hydrogens is 205 g/mol. The number of rotatable bonds is 6. The van der Waals surface area contributed by atoms with Crippen LogP contribution in [0, 0.1) is 5.92 Å². The summed E-state index contributed by atoms with van der Waals surface area (Å²) in [6.45, 7) is 0.323. The van der Waals surface area contributed by atoms with Crippen LogP contribution in [0.25, 0.3) is 0 Å². The van der Waals surface area contributed by atoms with Gasteiger partial charge in [0, 0.05) is 6.54 Å². The zero-order valence-electron chi connectivity index (χ0n) is 8.01. The van der Waals surface area contributed by atoms with Crippen molar-refractivity contribution >= 4 is 11.6 Å². The first-order chi connectivity index (χ1) is 6.77. The van der Waals surface area contributed by atoms with Crippen molar-refractivity contribution in [2.75, 3.05) is 19.8 Å². The average Bonchev–Trinajstić information content (AvgIpc) is 3.01. The minimum Gasteiger partial charge on any atom is -0.492 e. The number of nitrogens with two attached hydrogens (primary N) is 1. The van der Waals surface area contributed by atoms with Gasteiger partial charge in [-0.05, 0) is 24.8 Å². The summed E-state index contributed by atoms with van der Waals surface area (Å²) < 4.78 is 17.7. The molecule has 1 fully saturated rings. The van der Waals surface area contributed by atoms with Crippen molar-refractivity contribution in [1.29, 1.82) is 0 Å². The Morgan fingerprint density at radius 1 is 1.57 bits per heavy atom. The maximum Gasteiger partial charge on any atom is 0.136 e. The maximum atomic E-state index is 12.3. The number of hydrogen-bond acceptors (Lipinski definition) is 2. The highest BCUT2D eigenvalue weighted by Gasteiger charge is 2.22. The molecule has 1 saturated carbocycles. The first-order valence-electron chi connectivity index (χ1n) is 4.72. The van der Waals surface area contributed by atoms with Crippen molar-refractivity contribution in [2.24, 2.45) is 11.7 Å². The molecular formula is C10H15ClFNO. The van der Waals surface area contributed by atoms with Crippen LogP contribution in [0.3, 0.4) is 0 Å². The van der Waals surface area contributed by atoms with Gasteiger partial charge in [-0.15, -0.1) is 0 Å². The minimum absolute atomic E-state index is 0.107. The van der Waals surface area contributed by atoms with E-state index in [0.29, 0.717) is 24.8 Å². The van der Waals surface area contributed by atoms with E-state index in [1.807, 2.05) is 0 Å². The molecule has 0 atom stereocenters. The number of allylic oxidation sites excluding steroid dienone is 2. The summed E-state index contributed by atoms with van der Waals surface area (Å²) in [5.74, 6) is 1.03. The fourth-order valence-corrected chi connectivity index (χ4v) is 1.07. The molecule has 0 aromatic heterocycles. The Morgan fingerprint density at radius 3 is 2.79 bits per heavy atom. The minimum atomic E-state index is -0.698. The van der Waals surface area contributed by atoms with Gasteiger partial charge in [-0.1, -0.05) is 17.7 Å². The van der Waals surface area contributed by atoms with Gasteiger partial charge in [-0.2, -0.15) is 0 Å². The van der Waals surface area contributed by atoms with Crippen LogP contribution < -0.4 is 5.73 Å². The molecule has 80 valence electrons. The van der Waals surface area contributed by atoms with E-state index in [1.165, 1.54) is 12.8 Å². The van der Waals surface area contributed by atoms with Crippen molar-refractivity contribution in [2.45, 2.75) is 12.8 Å². The Labute approximate surface area is 88.6 Å². The zero-order valence-corrected chi connectivity index (χ0v) is 8.77. The summed E-state index contributed by atoms with van der Waals surface area (Å²) in [7, 11) is 0. The van der Waals surface area contributed by atoms with Crippen molar-refractivity contribution in [3.63, 3.8) is 0 Å². The second kappa shape index (κ2) is 6.04. The molecule has 0 unspecified atom stereocenters. The third kappa shape index (κ3) is 4.11. The maximum absolute atomic E-state index is 12.3. The summed E-state index contributed by atoms with van der Waals surface area (Å²) >= 11 is 5.66. The Kier molecular flexibility index (Phi) is 4.98. The highest BCUT2D eigenvalue weighted by atomic mass is 35.5. The smallest absolute Gasteiger partial charge is 0.136 e. The van der Waals surface area contributed by atoms with E-state index in [9.17, 15) is 4.39 Å². The first-order valence-corrected chi connectivity index (χ1v) is 5.09. The summed E-state index contributed by atoms with van der Waals surface area (Å²) in [5, 5.41) is 0.107. The molecule has 1 aliphatic carbocycles. The molecule has 0 spiro atoms. The fourth-order valence-electron chi connectivity index (χ4n) is 0.950. The number of hydrogen-bond donors (Lipinski definition) is 1. The van der Waals surface area contributed by atoms with E-state index in [-0.39, 0.29) is 5.03 Å². The van der Waals surface area contributed by atoms with Gasteiger partial charge < -0.3 is 10.5 Å². The molecule has 0 bridgehead atoms. The van der Waals surface area contributed by atoms with Crippen LogP contribution in [-0.2, 0) is 4.74 Å². The van der Waals surface area contributed by atoms with Crippen molar-refractivity contribution < 1.29 is 9.13 Å². The second-order valence-electron chi connectivity index (χ2n) is 3.30. The van der Waals surface area contributed by atoms with Crippen LogP contribution in [0.15, 0.2) is 22.9 Å². The molecule has 1 rings (SSSR count). The van der Waals surface area contributed by atoms with Crippen LogP contribution in [0.5, 0.6) is 0 Å². The number of ether oxygens (including phenoxy) is 1. The predicted octanol–water partition coefficient (Wildman–Crippen LogP) is 2.35. The number of alkyl halides is 1. The molecule has 0 radical (unpaired) electrons. The molecule has 0 aromatic rings. The molecule has 14 heavy (non-hydrogen) atoms. The molecule has 0 amide bonds. The fraction of sp³-hybridized carbons (Fsp3) is 0.600. The van der Waals surface area contributed by atoms with Gasteiger partial charge in [-0.3, -0.25) is 0 Å². The predicted molar refractivity (Wildman–Crippen MR) is 55.7 cm³/mol. The lowest BCUT2D eigenvalue weighted by molar-refractivity contribution is 0.208. The van der Waals surface area contributed by atoms with Crippen molar-refractivity contribution in [3.8, 4) is 0 Å². The summed E-state index contributed by atoms with van der Waals surface area (Å²) in [4.78, 5) is 0. The lowest BCUT2D eigenvalue weighted by Crippen LogP contribution is -1.99. The Morgan fingerprint density at radius 2 is 2.29 bits per heavy atom. The lowest BCUT2D eigenvalue weighted by Gasteiger charge is -2.07. The van der Waals surface area contributed by atoms with E-state index in [2.05, 4.69) is 0 Å². The van der Waals surface area contributed by atoms with E-state index in [4.69, 9.17) is 22.1 Å². The number of halogens is 2. The van der Waals surface area contributed by atoms with Gasteiger partial charge >= 0.3 is 0 Å². The SMILES string of the molecule is NC/C=C\C(OCC1CC1)=C(\Cl)CF. The van der Waals surface area contributed by atoms with Crippen molar-refractivity contribution in [1.82, 2.24) is 0 Å². The van der Waals surface area contributed by atoms with Gasteiger partial charge in [0.1, 0.15) is 12.4 Å². The van der Waals surface area contributed by atoms with Gasteiger partial charge in [-0.25, -0.2) is 4.39 Å². The van der Waals surface area contributed by atoms with E-state index < -0.39 is 6.67 Å². The van der Waals surface area contributed by atoms with E-state index >= 15 is 0 Å². The van der Waals surface area contributed by atoms with Gasteiger partial charge in [0.15, 0.2) is 0 Å². The third-order valence-corrected chi connectivity index (χ3v) is 2.25. The summed E-state index contributed by atoms with van der Waals surface area (Å²) in [6.07, 6.45) is 5.72. The van der Waals surface area contributed by atoms with Gasteiger partial charge in [0.05, 0.1) is 11.6 Å². The highest BCUT2D eigenvalue weighted by Crippen LogP contribution is 2.30. The van der Waals surface area contributed by atoms with Crippen LogP contribution >= 0.6 is 11.6 Å². The van der Waals surface area contributed by atoms with E-state index in [1.54, 1.807) is 12.2 Å². The molecule has 1 aliphatic rings. The monoisotopic (exact) mass is 219 g/mol. The van der Waals surface area contributed by atoms with Crippen LogP contribution in [0.4, 0.5) is 4.39 Å². The summed E-state index contributed by atoms with van der Waals surface area (Å²) in [6, 6.07) is 0. The van der Waals surface area contributed by atoms with Crippen LogP contribution in [-0.4, -0.2) is 19.8 Å². The van der Waals surface area contributed by atoms with Crippen molar-refractivity contribution in [3.05, 3.63) is 22.9 Å². The Bertz CT molecular complexity index is 236. The molecule has 0 aromatic carbocycles. The normalized spacial score (nSPS) is 18.5. The lowest BCUT2D eigenvalue weighted by atomic mass is 10.4. The van der Waals surface area contributed by atoms with Gasteiger partial charge in [0.2, 0.25) is 0 Å². The summed E-state index contributed by atoms with van der Waals surface area (Å²) in [5.41, 5.74) is 5.28. The second-order valence-corrected chi connectivity index (χ2v) is 3.75. The molecule has 0 aliphatic heterocycles. The van der Waals surface area contributed by atoms with Crippen LogP contribution in [0.2, 0.25) is 0 Å². The average molecular weight is 220 g/mol. The van der Waals surface area contributed by atoms with E-state index in [0.717, 1.165) is 0 Å². The van der Waals surface area contributed by atoms with Gasteiger partial charge in [0.25, 0.3) is 0 Å². The Hall–Kier alpha value is -0.540. The molecule has 2 N–H and O–H groups in total. The first kappa shape index (κ1) is 11.5. The molecule has 0 saturated heterocycles. The topological polar surface area (TPSA) is 35.2 Å². The van der Waals surface area contributed by atoms with Crippen LogP contribution in [0.1, 0.15) is 12.8 Å². The Balaban J connectivity index is 2.46. The highest BCUT2D eigenvalue weighted by molar-refractivity contribution is 6.30. The zero-order chi connectivity index (χ0) is 10.4. The third-order valence-electron chi connectivity index (χ3n) is 1.96. The molecule has 4 heteroatoms. The molecule has 2 nitrogen and oxygen atoms in total. The largest absolute Gasteiger partial charge is 0.492 e. The molecule has 0 heterocycles. The standard InChI is InChI=1S/C10H15ClFNO/c11-9(6-12)10(2-1-5-13)14-7-8-3-4-8/h1-2,8H,3-7,13H2/b2-1-,10-9-. The quantitative estimate of drug-likeness (QED) is 0.550.